The van der Waals surface area contributed by atoms with Gasteiger partial charge in [-0.15, -0.1) is 0 Å². The van der Waals surface area contributed by atoms with E-state index in [2.05, 4.69) is 49.5 Å². The third-order valence-electron chi connectivity index (χ3n) is 5.43. The molecule has 1 aliphatic carbocycles. The number of pyridine rings is 1. The number of nitrogens with one attached hydrogen (secondary N) is 3. The maximum absolute atomic E-state index is 4.60. The zero-order valence-electron chi connectivity index (χ0n) is 15.0. The maximum Gasteiger partial charge on any atom is 0.158 e. The average Bonchev–Trinajstić information content (AvgIpc) is 3.37. The molecule has 3 N–H and O–H groups in total. The van der Waals surface area contributed by atoms with E-state index >= 15 is 0 Å². The quantitative estimate of drug-likeness (QED) is 0.512. The molecule has 1 fully saturated rings. The Bertz CT molecular complexity index is 1070. The van der Waals surface area contributed by atoms with Gasteiger partial charge in [0, 0.05) is 40.9 Å². The fourth-order valence-corrected chi connectivity index (χ4v) is 4.07. The third-order valence-corrected chi connectivity index (χ3v) is 5.43. The van der Waals surface area contributed by atoms with Gasteiger partial charge in [-0.25, -0.2) is 9.97 Å². The summed E-state index contributed by atoms with van der Waals surface area (Å²) in [5, 5.41) is 4.93. The van der Waals surface area contributed by atoms with Crippen LogP contribution in [0.4, 0.5) is 0 Å². The number of rotatable bonds is 4. The van der Waals surface area contributed by atoms with E-state index in [0.717, 1.165) is 40.3 Å². The molecule has 3 heterocycles. The number of imidazole rings is 1. The summed E-state index contributed by atoms with van der Waals surface area (Å²) >= 11 is 0. The molecule has 5 nitrogen and oxygen atoms in total. The first-order valence-corrected chi connectivity index (χ1v) is 9.43. The Hall–Kier alpha value is -2.66. The van der Waals surface area contributed by atoms with Gasteiger partial charge in [-0.1, -0.05) is 18.9 Å². The van der Waals surface area contributed by atoms with Crippen LogP contribution in [0.5, 0.6) is 0 Å². The van der Waals surface area contributed by atoms with Crippen molar-refractivity contribution in [2.75, 3.05) is 0 Å². The minimum atomic E-state index is 0.695. The van der Waals surface area contributed by atoms with Crippen molar-refractivity contribution in [1.29, 1.82) is 0 Å². The molecule has 4 aromatic rings. The number of nitrogens with zero attached hydrogens (tertiary/aromatic N) is 2. The van der Waals surface area contributed by atoms with Gasteiger partial charge in [0.25, 0.3) is 0 Å². The van der Waals surface area contributed by atoms with E-state index in [1.165, 1.54) is 36.6 Å². The second-order valence-corrected chi connectivity index (χ2v) is 7.34. The Kier molecular flexibility index (Phi) is 3.75. The molecule has 1 aromatic carbocycles. The van der Waals surface area contributed by atoms with Crippen molar-refractivity contribution in [3.63, 3.8) is 0 Å². The summed E-state index contributed by atoms with van der Waals surface area (Å²) < 4.78 is 0. The molecule has 0 amide bonds. The number of aromatic amines is 2. The number of H-pyrrole nitrogens is 2. The molecule has 5 rings (SSSR count). The van der Waals surface area contributed by atoms with Crippen molar-refractivity contribution in [2.24, 2.45) is 0 Å². The number of fused-ring (bicyclic) bond motifs is 2. The molecule has 0 radical (unpaired) electrons. The minimum absolute atomic E-state index is 0.695. The number of aromatic nitrogens is 4. The highest BCUT2D eigenvalue weighted by Crippen LogP contribution is 2.29. The Balaban J connectivity index is 1.47. The van der Waals surface area contributed by atoms with Crippen LogP contribution in [0, 0.1) is 6.92 Å². The average molecular weight is 345 g/mol. The lowest BCUT2D eigenvalue weighted by molar-refractivity contribution is 0.524. The lowest BCUT2D eigenvalue weighted by Gasteiger charge is -2.11. The van der Waals surface area contributed by atoms with Gasteiger partial charge in [-0.3, -0.25) is 0 Å². The maximum atomic E-state index is 4.60. The summed E-state index contributed by atoms with van der Waals surface area (Å²) in [5.74, 6) is 0.885. The molecule has 0 aliphatic heterocycles. The molecule has 0 atom stereocenters. The van der Waals surface area contributed by atoms with E-state index in [0.29, 0.717) is 6.04 Å². The van der Waals surface area contributed by atoms with Crippen molar-refractivity contribution >= 4 is 22.1 Å². The highest BCUT2D eigenvalue weighted by molar-refractivity contribution is 5.94. The van der Waals surface area contributed by atoms with E-state index in [4.69, 9.17) is 0 Å². The first-order valence-electron chi connectivity index (χ1n) is 9.43. The number of hydrogen-bond donors (Lipinski definition) is 3. The molecule has 3 aromatic heterocycles. The van der Waals surface area contributed by atoms with Crippen LogP contribution in [-0.2, 0) is 6.54 Å². The van der Waals surface area contributed by atoms with Gasteiger partial charge in [0.05, 0.1) is 0 Å². The van der Waals surface area contributed by atoms with Crippen LogP contribution in [0.3, 0.4) is 0 Å². The monoisotopic (exact) mass is 345 g/mol. The van der Waals surface area contributed by atoms with Crippen LogP contribution in [0.1, 0.15) is 37.1 Å². The first-order chi connectivity index (χ1) is 12.8. The van der Waals surface area contributed by atoms with Crippen LogP contribution in [0.15, 0.2) is 36.5 Å². The predicted molar refractivity (Wildman–Crippen MR) is 105 cm³/mol. The van der Waals surface area contributed by atoms with Crippen LogP contribution >= 0.6 is 0 Å². The molecular weight excluding hydrogens is 322 g/mol. The van der Waals surface area contributed by atoms with Crippen molar-refractivity contribution in [3.05, 3.63) is 47.9 Å². The van der Waals surface area contributed by atoms with Gasteiger partial charge in [0.2, 0.25) is 0 Å². The molecule has 26 heavy (non-hydrogen) atoms. The van der Waals surface area contributed by atoms with Gasteiger partial charge in [0.15, 0.2) is 5.65 Å². The normalized spacial score (nSPS) is 15.4. The smallest absolute Gasteiger partial charge is 0.158 e. The number of benzene rings is 1. The van der Waals surface area contributed by atoms with Gasteiger partial charge in [-0.05, 0) is 49.6 Å². The summed E-state index contributed by atoms with van der Waals surface area (Å²) in [5.41, 5.74) is 6.41. The Morgan fingerprint density at radius 2 is 2.00 bits per heavy atom. The SMILES string of the molecule is Cc1nc2c(-c3cc4cc(CNC5CCCC5)ccc4[nH]3)ccnc2[nH]1. The van der Waals surface area contributed by atoms with E-state index in [1.807, 2.05) is 19.2 Å². The van der Waals surface area contributed by atoms with Gasteiger partial charge < -0.3 is 15.3 Å². The summed E-state index contributed by atoms with van der Waals surface area (Å²) in [6.07, 6.45) is 7.20. The molecule has 0 bridgehead atoms. The fraction of sp³-hybridized carbons (Fsp3) is 0.333. The highest BCUT2D eigenvalue weighted by Gasteiger charge is 2.14. The predicted octanol–water partition coefficient (Wildman–Crippen LogP) is 4.45. The van der Waals surface area contributed by atoms with Crippen LogP contribution in [0.2, 0.25) is 0 Å². The Morgan fingerprint density at radius 1 is 1.12 bits per heavy atom. The lowest BCUT2D eigenvalue weighted by atomic mass is 10.1. The molecule has 5 heteroatoms. The Labute approximate surface area is 152 Å². The van der Waals surface area contributed by atoms with Gasteiger partial charge in [0.1, 0.15) is 11.3 Å². The third kappa shape index (κ3) is 2.78. The van der Waals surface area contributed by atoms with E-state index in [9.17, 15) is 0 Å². The van der Waals surface area contributed by atoms with E-state index in [1.54, 1.807) is 0 Å². The number of aryl methyl sites for hydroxylation is 1. The second-order valence-electron chi connectivity index (χ2n) is 7.34. The number of hydrogen-bond acceptors (Lipinski definition) is 3. The summed E-state index contributed by atoms with van der Waals surface area (Å²) in [4.78, 5) is 15.7. The standard InChI is InChI=1S/C21H23N5/c1-13-24-20-17(8-9-22-21(20)25-13)19-11-15-10-14(6-7-18(15)26-19)12-23-16-4-2-3-5-16/h6-11,16,23,26H,2-5,12H2,1H3,(H,22,24,25). The summed E-state index contributed by atoms with van der Waals surface area (Å²) in [6, 6.07) is 11.6. The largest absolute Gasteiger partial charge is 0.354 e. The van der Waals surface area contributed by atoms with Crippen molar-refractivity contribution < 1.29 is 0 Å². The lowest BCUT2D eigenvalue weighted by Crippen LogP contribution is -2.25. The van der Waals surface area contributed by atoms with Gasteiger partial charge in [-0.2, -0.15) is 0 Å². The molecule has 1 saturated carbocycles. The molecule has 0 spiro atoms. The van der Waals surface area contributed by atoms with Crippen molar-refractivity contribution in [2.45, 2.75) is 45.2 Å². The van der Waals surface area contributed by atoms with Crippen molar-refractivity contribution in [1.82, 2.24) is 25.3 Å². The zero-order valence-corrected chi connectivity index (χ0v) is 15.0. The van der Waals surface area contributed by atoms with Crippen LogP contribution in [-0.4, -0.2) is 26.0 Å². The summed E-state index contributed by atoms with van der Waals surface area (Å²) in [7, 11) is 0. The molecule has 132 valence electrons. The zero-order chi connectivity index (χ0) is 17.5. The first kappa shape index (κ1) is 15.6. The van der Waals surface area contributed by atoms with Gasteiger partial charge >= 0.3 is 0 Å². The van der Waals surface area contributed by atoms with Crippen molar-refractivity contribution in [3.8, 4) is 11.3 Å². The molecule has 0 saturated heterocycles. The Morgan fingerprint density at radius 3 is 2.88 bits per heavy atom. The molecule has 1 aliphatic rings. The highest BCUT2D eigenvalue weighted by atomic mass is 15.0. The van der Waals surface area contributed by atoms with E-state index < -0.39 is 0 Å². The topological polar surface area (TPSA) is 69.4 Å². The van der Waals surface area contributed by atoms with Crippen LogP contribution < -0.4 is 5.32 Å². The minimum Gasteiger partial charge on any atom is -0.354 e. The fourth-order valence-electron chi connectivity index (χ4n) is 4.07. The molecule has 0 unspecified atom stereocenters. The molecular formula is C21H23N5. The summed E-state index contributed by atoms with van der Waals surface area (Å²) in [6.45, 7) is 2.90. The van der Waals surface area contributed by atoms with E-state index in [-0.39, 0.29) is 0 Å². The second kappa shape index (κ2) is 6.25. The van der Waals surface area contributed by atoms with Crippen LogP contribution in [0.25, 0.3) is 33.3 Å².